The zero-order chi connectivity index (χ0) is 16.0. The number of aromatic carboxylic acids is 1. The molecule has 0 amide bonds. The van der Waals surface area contributed by atoms with E-state index >= 15 is 0 Å². The molecule has 5 nitrogen and oxygen atoms in total. The second-order valence-electron chi connectivity index (χ2n) is 4.23. The molecular weight excluding hydrogens is 289 g/mol. The average Bonchev–Trinajstić information content (AvgIpc) is 2.42. The molecule has 0 bridgehead atoms. The van der Waals surface area contributed by atoms with Gasteiger partial charge in [-0.3, -0.25) is 0 Å². The quantitative estimate of drug-likeness (QED) is 0.838. The van der Waals surface area contributed by atoms with Gasteiger partial charge in [-0.1, -0.05) is 13.8 Å². The zero-order valence-electron chi connectivity index (χ0n) is 11.8. The number of aromatic nitrogens is 1. The minimum atomic E-state index is -4.64. The highest BCUT2D eigenvalue weighted by Gasteiger charge is 2.34. The SMILES string of the molecule is CCN(CC)CCOc1nc(C(F)(F)F)ccc1C(=O)O. The predicted molar refractivity (Wildman–Crippen MR) is 69.5 cm³/mol. The van der Waals surface area contributed by atoms with E-state index in [4.69, 9.17) is 9.84 Å². The first-order valence-corrected chi connectivity index (χ1v) is 6.46. The molecule has 1 N–H and O–H groups in total. The zero-order valence-corrected chi connectivity index (χ0v) is 11.8. The smallest absolute Gasteiger partial charge is 0.433 e. The maximum Gasteiger partial charge on any atom is 0.433 e. The lowest BCUT2D eigenvalue weighted by molar-refractivity contribution is -0.141. The molecule has 0 aliphatic heterocycles. The van der Waals surface area contributed by atoms with Crippen LogP contribution in [0.5, 0.6) is 5.88 Å². The van der Waals surface area contributed by atoms with Gasteiger partial charge < -0.3 is 14.7 Å². The number of nitrogens with zero attached hydrogens (tertiary/aromatic N) is 2. The van der Waals surface area contributed by atoms with Crippen LogP contribution in [0, 0.1) is 0 Å². The highest BCUT2D eigenvalue weighted by Crippen LogP contribution is 2.30. The summed E-state index contributed by atoms with van der Waals surface area (Å²) in [6, 6.07) is 1.48. The molecule has 0 atom stereocenters. The molecule has 0 fully saturated rings. The maximum atomic E-state index is 12.6. The number of alkyl halides is 3. The fourth-order valence-corrected chi connectivity index (χ4v) is 1.68. The molecule has 1 heterocycles. The molecular formula is C13H17F3N2O3. The lowest BCUT2D eigenvalue weighted by atomic mass is 10.2. The summed E-state index contributed by atoms with van der Waals surface area (Å²) in [7, 11) is 0. The summed E-state index contributed by atoms with van der Waals surface area (Å²) in [6.07, 6.45) is -4.64. The number of ether oxygens (including phenoxy) is 1. The Bertz CT molecular complexity index is 488. The molecule has 8 heteroatoms. The fourth-order valence-electron chi connectivity index (χ4n) is 1.68. The van der Waals surface area contributed by atoms with Crippen molar-refractivity contribution in [1.82, 2.24) is 9.88 Å². The molecule has 0 spiro atoms. The minimum Gasteiger partial charge on any atom is -0.477 e. The van der Waals surface area contributed by atoms with Gasteiger partial charge in [-0.2, -0.15) is 13.2 Å². The summed E-state index contributed by atoms with van der Waals surface area (Å²) in [6.45, 7) is 5.95. The van der Waals surface area contributed by atoms with Crippen molar-refractivity contribution in [3.63, 3.8) is 0 Å². The number of carbonyl (C=O) groups is 1. The Hall–Kier alpha value is -1.83. The third-order valence-corrected chi connectivity index (χ3v) is 2.92. The van der Waals surface area contributed by atoms with E-state index in [1.165, 1.54) is 0 Å². The number of hydrogen-bond acceptors (Lipinski definition) is 4. The van der Waals surface area contributed by atoms with Gasteiger partial charge in [0.2, 0.25) is 5.88 Å². The molecule has 1 aromatic rings. The Morgan fingerprint density at radius 2 is 1.95 bits per heavy atom. The molecule has 1 rings (SSSR count). The van der Waals surface area contributed by atoms with E-state index in [1.807, 2.05) is 18.7 Å². The van der Waals surface area contributed by atoms with Gasteiger partial charge in [0.25, 0.3) is 0 Å². The molecule has 0 saturated heterocycles. The maximum absolute atomic E-state index is 12.6. The first-order valence-electron chi connectivity index (χ1n) is 6.46. The van der Waals surface area contributed by atoms with E-state index in [0.29, 0.717) is 12.6 Å². The summed E-state index contributed by atoms with van der Waals surface area (Å²) in [5.41, 5.74) is -1.56. The highest BCUT2D eigenvalue weighted by atomic mass is 19.4. The van der Waals surface area contributed by atoms with Gasteiger partial charge in [-0.15, -0.1) is 0 Å². The number of carboxylic acids is 1. The first kappa shape index (κ1) is 17.2. The number of pyridine rings is 1. The van der Waals surface area contributed by atoms with Gasteiger partial charge in [0.05, 0.1) is 0 Å². The number of rotatable bonds is 7. The standard InChI is InChI=1S/C13H17F3N2O3/c1-3-18(4-2)7-8-21-11-9(12(19)20)5-6-10(17-11)13(14,15)16/h5-6H,3-4,7-8H2,1-2H3,(H,19,20). The van der Waals surface area contributed by atoms with E-state index in [2.05, 4.69) is 4.98 Å². The third kappa shape index (κ3) is 4.89. The minimum absolute atomic E-state index is 0.0657. The summed E-state index contributed by atoms with van der Waals surface area (Å²) in [5, 5.41) is 8.95. The molecule has 0 unspecified atom stereocenters. The monoisotopic (exact) mass is 306 g/mol. The van der Waals surface area contributed by atoms with Crippen molar-refractivity contribution >= 4 is 5.97 Å². The van der Waals surface area contributed by atoms with Crippen LogP contribution in [-0.4, -0.2) is 47.2 Å². The van der Waals surface area contributed by atoms with Crippen LogP contribution in [-0.2, 0) is 6.18 Å². The van der Waals surface area contributed by atoms with Crippen LogP contribution in [0.25, 0.3) is 0 Å². The summed E-state index contributed by atoms with van der Waals surface area (Å²) in [5.74, 6) is -1.89. The third-order valence-electron chi connectivity index (χ3n) is 2.92. The van der Waals surface area contributed by atoms with Crippen molar-refractivity contribution in [1.29, 1.82) is 0 Å². The topological polar surface area (TPSA) is 62.7 Å². The van der Waals surface area contributed by atoms with Crippen molar-refractivity contribution < 1.29 is 27.8 Å². The summed E-state index contributed by atoms with van der Waals surface area (Å²) in [4.78, 5) is 16.2. The van der Waals surface area contributed by atoms with Crippen LogP contribution in [0.15, 0.2) is 12.1 Å². The summed E-state index contributed by atoms with van der Waals surface area (Å²) < 4.78 is 42.9. The van der Waals surface area contributed by atoms with Gasteiger partial charge in [-0.05, 0) is 25.2 Å². The van der Waals surface area contributed by atoms with Crippen LogP contribution in [0.4, 0.5) is 13.2 Å². The van der Waals surface area contributed by atoms with Gasteiger partial charge >= 0.3 is 12.1 Å². The molecule has 0 aliphatic carbocycles. The summed E-state index contributed by atoms with van der Waals surface area (Å²) >= 11 is 0. The number of halogens is 3. The van der Waals surface area contributed by atoms with E-state index in [1.54, 1.807) is 0 Å². The van der Waals surface area contributed by atoms with E-state index in [9.17, 15) is 18.0 Å². The van der Waals surface area contributed by atoms with Gasteiger partial charge in [0.1, 0.15) is 17.9 Å². The van der Waals surface area contributed by atoms with Crippen molar-refractivity contribution in [3.8, 4) is 5.88 Å². The van der Waals surface area contributed by atoms with Crippen LogP contribution >= 0.6 is 0 Å². The van der Waals surface area contributed by atoms with Gasteiger partial charge in [-0.25, -0.2) is 9.78 Å². The Labute approximate surface area is 120 Å². The molecule has 0 radical (unpaired) electrons. The Morgan fingerprint density at radius 1 is 1.33 bits per heavy atom. The lowest BCUT2D eigenvalue weighted by Crippen LogP contribution is -2.28. The Balaban J connectivity index is 2.89. The van der Waals surface area contributed by atoms with Gasteiger partial charge in [0, 0.05) is 6.54 Å². The normalized spacial score (nSPS) is 11.7. The average molecular weight is 306 g/mol. The van der Waals surface area contributed by atoms with E-state index in [-0.39, 0.29) is 12.2 Å². The second kappa shape index (κ2) is 7.26. The second-order valence-corrected chi connectivity index (χ2v) is 4.23. The Morgan fingerprint density at radius 3 is 2.43 bits per heavy atom. The van der Waals surface area contributed by atoms with Crippen molar-refractivity contribution in [3.05, 3.63) is 23.4 Å². The van der Waals surface area contributed by atoms with Crippen molar-refractivity contribution in [2.24, 2.45) is 0 Å². The van der Waals surface area contributed by atoms with Crippen molar-refractivity contribution in [2.75, 3.05) is 26.2 Å². The van der Waals surface area contributed by atoms with Crippen LogP contribution in [0.1, 0.15) is 29.9 Å². The largest absolute Gasteiger partial charge is 0.477 e. The van der Waals surface area contributed by atoms with Crippen LogP contribution in [0.2, 0.25) is 0 Å². The fraction of sp³-hybridized carbons (Fsp3) is 0.538. The Kier molecular flexibility index (Phi) is 5.95. The van der Waals surface area contributed by atoms with Crippen LogP contribution in [0.3, 0.4) is 0 Å². The number of carboxylic acid groups (broad SMARTS) is 1. The molecule has 21 heavy (non-hydrogen) atoms. The molecule has 0 aliphatic rings. The number of likely N-dealkylation sites (N-methyl/N-ethyl adjacent to an activating group) is 1. The van der Waals surface area contributed by atoms with Crippen LogP contribution < -0.4 is 4.74 Å². The first-order chi connectivity index (χ1) is 9.79. The number of hydrogen-bond donors (Lipinski definition) is 1. The molecule has 118 valence electrons. The molecule has 1 aromatic heterocycles. The lowest BCUT2D eigenvalue weighted by Gasteiger charge is -2.18. The molecule has 0 aromatic carbocycles. The molecule has 0 saturated carbocycles. The predicted octanol–water partition coefficient (Wildman–Crippen LogP) is 2.52. The highest BCUT2D eigenvalue weighted by molar-refractivity contribution is 5.90. The van der Waals surface area contributed by atoms with E-state index in [0.717, 1.165) is 19.2 Å². The van der Waals surface area contributed by atoms with E-state index < -0.39 is 23.7 Å². The van der Waals surface area contributed by atoms with Gasteiger partial charge in [0.15, 0.2) is 0 Å². The van der Waals surface area contributed by atoms with Crippen molar-refractivity contribution in [2.45, 2.75) is 20.0 Å².